The first-order valence-electron chi connectivity index (χ1n) is 4.03. The lowest BCUT2D eigenvalue weighted by Gasteiger charge is -2.30. The maximum atomic E-state index is 9.35. The van der Waals surface area contributed by atoms with Gasteiger partial charge in [0, 0.05) is 6.61 Å². The summed E-state index contributed by atoms with van der Waals surface area (Å²) in [6, 6.07) is 0. The molecule has 0 bridgehead atoms. The molecule has 1 aliphatic rings. The summed E-state index contributed by atoms with van der Waals surface area (Å²) in [4.78, 5) is 0. The van der Waals surface area contributed by atoms with Crippen LogP contribution < -0.4 is 0 Å². The second-order valence-corrected chi connectivity index (χ2v) is 3.12. The van der Waals surface area contributed by atoms with Gasteiger partial charge in [0.1, 0.15) is 0 Å². The third-order valence-electron chi connectivity index (χ3n) is 2.29. The van der Waals surface area contributed by atoms with Crippen molar-refractivity contribution in [3.05, 3.63) is 0 Å². The molecule has 0 aromatic heterocycles. The molecule has 10 heavy (non-hydrogen) atoms. The van der Waals surface area contributed by atoms with Gasteiger partial charge in [0.25, 0.3) is 0 Å². The van der Waals surface area contributed by atoms with Crippen molar-refractivity contribution < 1.29 is 9.84 Å². The Bertz CT molecular complexity index is 103. The maximum absolute atomic E-state index is 9.35. The normalized spacial score (nSPS) is 41.7. The minimum absolute atomic E-state index is 0.0443. The molecule has 0 aromatic carbocycles. The molecule has 1 saturated heterocycles. The summed E-state index contributed by atoms with van der Waals surface area (Å²) in [6.07, 6.45) is 1.84. The van der Waals surface area contributed by atoms with E-state index in [1.807, 2.05) is 6.92 Å². The lowest BCUT2D eigenvalue weighted by Crippen LogP contribution is -2.36. The van der Waals surface area contributed by atoms with Gasteiger partial charge in [0.05, 0.1) is 12.2 Å². The SMILES string of the molecule is CCC1COC(C)C(O)C1. The average molecular weight is 144 g/mol. The Balaban J connectivity index is 2.33. The van der Waals surface area contributed by atoms with Gasteiger partial charge in [-0.3, -0.25) is 0 Å². The van der Waals surface area contributed by atoms with Crippen LogP contribution in [0.3, 0.4) is 0 Å². The zero-order valence-corrected chi connectivity index (χ0v) is 6.71. The molecule has 0 saturated carbocycles. The smallest absolute Gasteiger partial charge is 0.0806 e. The average Bonchev–Trinajstić information content (AvgIpc) is 1.95. The molecule has 0 spiro atoms. The summed E-state index contributed by atoms with van der Waals surface area (Å²) in [6.45, 7) is 4.89. The highest BCUT2D eigenvalue weighted by atomic mass is 16.5. The molecule has 0 amide bonds. The number of rotatable bonds is 1. The predicted molar refractivity (Wildman–Crippen MR) is 39.8 cm³/mol. The summed E-state index contributed by atoms with van der Waals surface area (Å²) in [5, 5.41) is 9.35. The fourth-order valence-electron chi connectivity index (χ4n) is 1.28. The van der Waals surface area contributed by atoms with Crippen LogP contribution in [0.25, 0.3) is 0 Å². The van der Waals surface area contributed by atoms with Crippen LogP contribution in [0.5, 0.6) is 0 Å². The summed E-state index contributed by atoms with van der Waals surface area (Å²) < 4.78 is 5.34. The van der Waals surface area contributed by atoms with Gasteiger partial charge in [-0.2, -0.15) is 0 Å². The first kappa shape index (κ1) is 8.02. The van der Waals surface area contributed by atoms with Crippen molar-refractivity contribution >= 4 is 0 Å². The van der Waals surface area contributed by atoms with Crippen LogP contribution in [0.15, 0.2) is 0 Å². The Labute approximate surface area is 62.2 Å². The van der Waals surface area contributed by atoms with Crippen molar-refractivity contribution in [2.24, 2.45) is 5.92 Å². The number of hydrogen-bond acceptors (Lipinski definition) is 2. The molecule has 3 atom stereocenters. The Morgan fingerprint density at radius 1 is 1.60 bits per heavy atom. The lowest BCUT2D eigenvalue weighted by atomic mass is 9.94. The van der Waals surface area contributed by atoms with E-state index in [-0.39, 0.29) is 12.2 Å². The van der Waals surface area contributed by atoms with E-state index in [0.717, 1.165) is 19.4 Å². The zero-order chi connectivity index (χ0) is 7.56. The van der Waals surface area contributed by atoms with Crippen molar-refractivity contribution in [1.82, 2.24) is 0 Å². The van der Waals surface area contributed by atoms with Gasteiger partial charge in [0.15, 0.2) is 0 Å². The summed E-state index contributed by atoms with van der Waals surface area (Å²) >= 11 is 0. The van der Waals surface area contributed by atoms with Gasteiger partial charge in [-0.05, 0) is 19.3 Å². The van der Waals surface area contributed by atoms with Gasteiger partial charge >= 0.3 is 0 Å². The molecule has 3 unspecified atom stereocenters. The highest BCUT2D eigenvalue weighted by molar-refractivity contribution is 4.74. The summed E-state index contributed by atoms with van der Waals surface area (Å²) in [5.41, 5.74) is 0. The van der Waals surface area contributed by atoms with Crippen LogP contribution in [0.1, 0.15) is 26.7 Å². The molecule has 1 rings (SSSR count). The fourth-order valence-corrected chi connectivity index (χ4v) is 1.28. The Hall–Kier alpha value is -0.0800. The van der Waals surface area contributed by atoms with Crippen LogP contribution in [0, 0.1) is 5.92 Å². The predicted octanol–water partition coefficient (Wildman–Crippen LogP) is 1.18. The van der Waals surface area contributed by atoms with Crippen molar-refractivity contribution in [2.75, 3.05) is 6.61 Å². The number of ether oxygens (including phenoxy) is 1. The molecule has 0 aromatic rings. The van der Waals surface area contributed by atoms with E-state index in [4.69, 9.17) is 4.74 Å². The van der Waals surface area contributed by atoms with E-state index in [0.29, 0.717) is 5.92 Å². The molecule has 60 valence electrons. The lowest BCUT2D eigenvalue weighted by molar-refractivity contribution is -0.0893. The van der Waals surface area contributed by atoms with E-state index in [9.17, 15) is 5.11 Å². The second-order valence-electron chi connectivity index (χ2n) is 3.12. The van der Waals surface area contributed by atoms with Crippen LogP contribution in [0.2, 0.25) is 0 Å². The van der Waals surface area contributed by atoms with Crippen LogP contribution >= 0.6 is 0 Å². The van der Waals surface area contributed by atoms with Crippen molar-refractivity contribution in [2.45, 2.75) is 38.9 Å². The molecular formula is C8H16O2. The highest BCUT2D eigenvalue weighted by Gasteiger charge is 2.25. The monoisotopic (exact) mass is 144 g/mol. The van der Waals surface area contributed by atoms with Gasteiger partial charge in [0.2, 0.25) is 0 Å². The third kappa shape index (κ3) is 1.70. The molecule has 2 nitrogen and oxygen atoms in total. The molecule has 0 radical (unpaired) electrons. The Morgan fingerprint density at radius 3 is 2.80 bits per heavy atom. The number of aliphatic hydroxyl groups is 1. The van der Waals surface area contributed by atoms with E-state index in [1.54, 1.807) is 0 Å². The Kier molecular flexibility index (Phi) is 2.69. The third-order valence-corrected chi connectivity index (χ3v) is 2.29. The zero-order valence-electron chi connectivity index (χ0n) is 6.71. The minimum Gasteiger partial charge on any atom is -0.390 e. The Morgan fingerprint density at radius 2 is 2.30 bits per heavy atom. The van der Waals surface area contributed by atoms with Gasteiger partial charge in [-0.25, -0.2) is 0 Å². The number of aliphatic hydroxyl groups excluding tert-OH is 1. The minimum atomic E-state index is -0.237. The number of hydrogen-bond donors (Lipinski definition) is 1. The van der Waals surface area contributed by atoms with Crippen LogP contribution in [-0.4, -0.2) is 23.9 Å². The maximum Gasteiger partial charge on any atom is 0.0806 e. The van der Waals surface area contributed by atoms with Crippen LogP contribution in [0.4, 0.5) is 0 Å². The van der Waals surface area contributed by atoms with Crippen LogP contribution in [-0.2, 0) is 4.74 Å². The van der Waals surface area contributed by atoms with E-state index >= 15 is 0 Å². The molecule has 2 heteroatoms. The van der Waals surface area contributed by atoms with Crippen molar-refractivity contribution in [1.29, 1.82) is 0 Å². The van der Waals surface area contributed by atoms with E-state index < -0.39 is 0 Å². The van der Waals surface area contributed by atoms with Gasteiger partial charge < -0.3 is 9.84 Å². The topological polar surface area (TPSA) is 29.5 Å². The summed E-state index contributed by atoms with van der Waals surface area (Å²) in [7, 11) is 0. The van der Waals surface area contributed by atoms with E-state index in [2.05, 4.69) is 6.92 Å². The quantitative estimate of drug-likeness (QED) is 0.599. The van der Waals surface area contributed by atoms with Gasteiger partial charge in [-0.1, -0.05) is 13.3 Å². The van der Waals surface area contributed by atoms with Gasteiger partial charge in [-0.15, -0.1) is 0 Å². The molecule has 0 aliphatic carbocycles. The molecular weight excluding hydrogens is 128 g/mol. The highest BCUT2D eigenvalue weighted by Crippen LogP contribution is 2.21. The first-order valence-corrected chi connectivity index (χ1v) is 4.03. The molecule has 1 aliphatic heterocycles. The second kappa shape index (κ2) is 3.35. The fraction of sp³-hybridized carbons (Fsp3) is 1.00. The van der Waals surface area contributed by atoms with E-state index in [1.165, 1.54) is 0 Å². The molecule has 1 heterocycles. The first-order chi connectivity index (χ1) is 4.74. The molecule has 1 N–H and O–H groups in total. The van der Waals surface area contributed by atoms with Crippen molar-refractivity contribution in [3.8, 4) is 0 Å². The summed E-state index contributed by atoms with van der Waals surface area (Å²) in [5.74, 6) is 0.575. The standard InChI is InChI=1S/C8H16O2/c1-3-7-4-8(9)6(2)10-5-7/h6-9H,3-5H2,1-2H3. The molecule has 1 fully saturated rings. The largest absolute Gasteiger partial charge is 0.390 e. The van der Waals surface area contributed by atoms with Crippen molar-refractivity contribution in [3.63, 3.8) is 0 Å².